The number of piperazine rings is 1. The molecular weight excluding hydrogens is 191 g/mol. The van der Waals surface area contributed by atoms with Gasteiger partial charge in [-0.15, -0.1) is 0 Å². The molecule has 15 heavy (non-hydrogen) atoms. The molecular formula is C12H17FN2. The van der Waals surface area contributed by atoms with E-state index < -0.39 is 0 Å². The molecule has 1 heterocycles. The standard InChI is InChI=1S/C12H17FN2/c1-9-7-11(13)3-4-12(9)15-6-5-14-8-10(15)2/h3-4,7,10,14H,5-6,8H2,1-2H3. The summed E-state index contributed by atoms with van der Waals surface area (Å²) in [6.45, 7) is 7.15. The van der Waals surface area contributed by atoms with Gasteiger partial charge in [-0.3, -0.25) is 0 Å². The predicted molar refractivity (Wildman–Crippen MR) is 60.8 cm³/mol. The van der Waals surface area contributed by atoms with Crippen LogP contribution < -0.4 is 10.2 Å². The molecule has 1 saturated heterocycles. The van der Waals surface area contributed by atoms with Crippen LogP contribution in [0.3, 0.4) is 0 Å². The van der Waals surface area contributed by atoms with Crippen molar-refractivity contribution in [2.45, 2.75) is 19.9 Å². The van der Waals surface area contributed by atoms with Gasteiger partial charge in [-0.05, 0) is 37.6 Å². The Hall–Kier alpha value is -1.09. The molecule has 1 aromatic rings. The van der Waals surface area contributed by atoms with Crippen LogP contribution in [0.15, 0.2) is 18.2 Å². The van der Waals surface area contributed by atoms with Crippen molar-refractivity contribution < 1.29 is 4.39 Å². The molecule has 1 aromatic carbocycles. The summed E-state index contributed by atoms with van der Waals surface area (Å²) >= 11 is 0. The van der Waals surface area contributed by atoms with E-state index in [2.05, 4.69) is 17.1 Å². The summed E-state index contributed by atoms with van der Waals surface area (Å²) in [6, 6.07) is 5.50. The third-order valence-corrected chi connectivity index (χ3v) is 2.97. The number of nitrogens with zero attached hydrogens (tertiary/aromatic N) is 1. The molecule has 0 aromatic heterocycles. The van der Waals surface area contributed by atoms with Crippen molar-refractivity contribution in [1.29, 1.82) is 0 Å². The van der Waals surface area contributed by atoms with Crippen LogP contribution in [0.5, 0.6) is 0 Å². The third-order valence-electron chi connectivity index (χ3n) is 2.97. The topological polar surface area (TPSA) is 15.3 Å². The molecule has 3 heteroatoms. The van der Waals surface area contributed by atoms with Gasteiger partial charge >= 0.3 is 0 Å². The van der Waals surface area contributed by atoms with Gasteiger partial charge < -0.3 is 10.2 Å². The molecule has 1 fully saturated rings. The summed E-state index contributed by atoms with van der Waals surface area (Å²) in [6.07, 6.45) is 0. The second-order valence-corrected chi connectivity index (χ2v) is 4.18. The molecule has 1 aliphatic heterocycles. The van der Waals surface area contributed by atoms with E-state index in [0.717, 1.165) is 30.9 Å². The van der Waals surface area contributed by atoms with Crippen LogP contribution in [0.2, 0.25) is 0 Å². The predicted octanol–water partition coefficient (Wildman–Crippen LogP) is 1.93. The van der Waals surface area contributed by atoms with E-state index in [9.17, 15) is 4.39 Å². The highest BCUT2D eigenvalue weighted by Crippen LogP contribution is 2.23. The number of hydrogen-bond acceptors (Lipinski definition) is 2. The van der Waals surface area contributed by atoms with Gasteiger partial charge in [-0.1, -0.05) is 0 Å². The van der Waals surface area contributed by atoms with Gasteiger partial charge in [0.2, 0.25) is 0 Å². The van der Waals surface area contributed by atoms with Crippen LogP contribution in [0, 0.1) is 12.7 Å². The molecule has 0 radical (unpaired) electrons. The van der Waals surface area contributed by atoms with Gasteiger partial charge in [0.05, 0.1) is 0 Å². The maximum atomic E-state index is 13.0. The van der Waals surface area contributed by atoms with Crippen molar-refractivity contribution >= 4 is 5.69 Å². The third kappa shape index (κ3) is 2.12. The fourth-order valence-corrected chi connectivity index (χ4v) is 2.14. The largest absolute Gasteiger partial charge is 0.366 e. The fraction of sp³-hybridized carbons (Fsp3) is 0.500. The Labute approximate surface area is 90.1 Å². The van der Waals surface area contributed by atoms with Gasteiger partial charge in [0.25, 0.3) is 0 Å². The van der Waals surface area contributed by atoms with E-state index in [1.807, 2.05) is 13.0 Å². The summed E-state index contributed by atoms with van der Waals surface area (Å²) in [5.41, 5.74) is 2.18. The zero-order chi connectivity index (χ0) is 10.8. The number of benzene rings is 1. The first kappa shape index (κ1) is 10.4. The van der Waals surface area contributed by atoms with Crippen LogP contribution in [0.25, 0.3) is 0 Å². The smallest absolute Gasteiger partial charge is 0.123 e. The Morgan fingerprint density at radius 1 is 1.47 bits per heavy atom. The van der Waals surface area contributed by atoms with Crippen LogP contribution in [0.1, 0.15) is 12.5 Å². The number of halogens is 1. The molecule has 82 valence electrons. The van der Waals surface area contributed by atoms with E-state index in [4.69, 9.17) is 0 Å². The second-order valence-electron chi connectivity index (χ2n) is 4.18. The maximum absolute atomic E-state index is 13.0. The van der Waals surface area contributed by atoms with Gasteiger partial charge in [0.1, 0.15) is 5.82 Å². The van der Waals surface area contributed by atoms with Crippen molar-refractivity contribution in [3.63, 3.8) is 0 Å². The summed E-state index contributed by atoms with van der Waals surface area (Å²) < 4.78 is 13.0. The Morgan fingerprint density at radius 2 is 2.27 bits per heavy atom. The van der Waals surface area contributed by atoms with E-state index in [-0.39, 0.29) is 5.82 Å². The van der Waals surface area contributed by atoms with Crippen LogP contribution >= 0.6 is 0 Å². The monoisotopic (exact) mass is 208 g/mol. The number of hydrogen-bond donors (Lipinski definition) is 1. The minimum Gasteiger partial charge on any atom is -0.366 e. The first-order valence-corrected chi connectivity index (χ1v) is 5.42. The van der Waals surface area contributed by atoms with Crippen molar-refractivity contribution in [2.75, 3.05) is 24.5 Å². The van der Waals surface area contributed by atoms with E-state index >= 15 is 0 Å². The Balaban J connectivity index is 2.27. The lowest BCUT2D eigenvalue weighted by molar-refractivity contribution is 0.499. The Bertz CT molecular complexity index is 351. The first-order chi connectivity index (χ1) is 7.18. The van der Waals surface area contributed by atoms with E-state index in [1.54, 1.807) is 6.07 Å². The van der Waals surface area contributed by atoms with Gasteiger partial charge in [0.15, 0.2) is 0 Å². The Morgan fingerprint density at radius 3 is 2.93 bits per heavy atom. The molecule has 0 amide bonds. The molecule has 2 nitrogen and oxygen atoms in total. The number of aryl methyl sites for hydroxylation is 1. The summed E-state index contributed by atoms with van der Waals surface area (Å²) in [5, 5.41) is 3.35. The highest BCUT2D eigenvalue weighted by molar-refractivity contribution is 5.54. The molecule has 1 atom stereocenters. The van der Waals surface area contributed by atoms with Crippen LogP contribution in [-0.2, 0) is 0 Å². The second kappa shape index (κ2) is 4.19. The highest BCUT2D eigenvalue weighted by Gasteiger charge is 2.19. The zero-order valence-corrected chi connectivity index (χ0v) is 9.26. The molecule has 0 bridgehead atoms. The molecule has 1 N–H and O–H groups in total. The quantitative estimate of drug-likeness (QED) is 0.758. The first-order valence-electron chi connectivity index (χ1n) is 5.42. The minimum atomic E-state index is -0.154. The minimum absolute atomic E-state index is 0.154. The van der Waals surface area contributed by atoms with E-state index in [1.165, 1.54) is 6.07 Å². The molecule has 1 aliphatic rings. The van der Waals surface area contributed by atoms with Crippen molar-refractivity contribution in [2.24, 2.45) is 0 Å². The number of nitrogens with one attached hydrogen (secondary N) is 1. The fourth-order valence-electron chi connectivity index (χ4n) is 2.14. The lowest BCUT2D eigenvalue weighted by Gasteiger charge is -2.36. The number of anilines is 1. The molecule has 0 saturated carbocycles. The number of rotatable bonds is 1. The van der Waals surface area contributed by atoms with E-state index in [0.29, 0.717) is 6.04 Å². The normalized spacial score (nSPS) is 21.8. The zero-order valence-electron chi connectivity index (χ0n) is 9.26. The van der Waals surface area contributed by atoms with Crippen molar-refractivity contribution in [1.82, 2.24) is 5.32 Å². The average molecular weight is 208 g/mol. The average Bonchev–Trinajstić information content (AvgIpc) is 2.20. The lowest BCUT2D eigenvalue weighted by atomic mass is 10.1. The molecule has 0 spiro atoms. The van der Waals surface area contributed by atoms with Gasteiger partial charge in [0, 0.05) is 31.4 Å². The molecule has 2 rings (SSSR count). The van der Waals surface area contributed by atoms with Crippen LogP contribution in [0.4, 0.5) is 10.1 Å². The summed E-state index contributed by atoms with van der Waals surface area (Å²) in [7, 11) is 0. The molecule has 0 aliphatic carbocycles. The van der Waals surface area contributed by atoms with Gasteiger partial charge in [-0.2, -0.15) is 0 Å². The highest BCUT2D eigenvalue weighted by atomic mass is 19.1. The van der Waals surface area contributed by atoms with Crippen molar-refractivity contribution in [3.8, 4) is 0 Å². The molecule has 1 unspecified atom stereocenters. The maximum Gasteiger partial charge on any atom is 0.123 e. The van der Waals surface area contributed by atoms with Crippen LogP contribution in [-0.4, -0.2) is 25.7 Å². The van der Waals surface area contributed by atoms with Gasteiger partial charge in [-0.25, -0.2) is 4.39 Å². The SMILES string of the molecule is Cc1cc(F)ccc1N1CCNCC1C. The summed E-state index contributed by atoms with van der Waals surface area (Å²) in [4.78, 5) is 2.34. The summed E-state index contributed by atoms with van der Waals surface area (Å²) in [5.74, 6) is -0.154. The van der Waals surface area contributed by atoms with Crippen molar-refractivity contribution in [3.05, 3.63) is 29.6 Å². The lowest BCUT2D eigenvalue weighted by Crippen LogP contribution is -2.50. The Kier molecular flexibility index (Phi) is 2.91.